The fourth-order valence-electron chi connectivity index (χ4n) is 2.34. The van der Waals surface area contributed by atoms with E-state index >= 15 is 0 Å². The van der Waals surface area contributed by atoms with Crippen LogP contribution in [0.25, 0.3) is 22.4 Å². The van der Waals surface area contributed by atoms with Crippen LogP contribution in [0.4, 0.5) is 0 Å². The van der Waals surface area contributed by atoms with E-state index in [9.17, 15) is 9.59 Å². The molecule has 1 heterocycles. The maximum atomic E-state index is 12.3. The van der Waals surface area contributed by atoms with E-state index in [1.165, 1.54) is 13.0 Å². The molecule has 0 N–H and O–H groups in total. The van der Waals surface area contributed by atoms with Gasteiger partial charge in [-0.1, -0.05) is 13.0 Å². The molecule has 25 heavy (non-hydrogen) atoms. The van der Waals surface area contributed by atoms with Crippen molar-refractivity contribution >= 4 is 16.9 Å². The fraction of sp³-hybridized carbons (Fsp3) is 0.211. The highest BCUT2D eigenvalue weighted by molar-refractivity contribution is 5.81. The topological polar surface area (TPSA) is 78.6 Å². The minimum absolute atomic E-state index is 0.208. The molecule has 6 heteroatoms. The predicted octanol–water partition coefficient (Wildman–Crippen LogP) is 3.57. The van der Waals surface area contributed by atoms with Gasteiger partial charge in [-0.2, -0.15) is 0 Å². The average Bonchev–Trinajstić information content (AvgIpc) is 2.60. The zero-order valence-corrected chi connectivity index (χ0v) is 13.9. The van der Waals surface area contributed by atoms with Crippen molar-refractivity contribution in [3.05, 3.63) is 52.9 Å². The first-order valence-corrected chi connectivity index (χ1v) is 7.93. The molecular weight excluding hydrogens is 322 g/mol. The molecule has 128 valence electrons. The van der Waals surface area contributed by atoms with Gasteiger partial charge in [-0.25, -0.2) is 9.78 Å². The molecule has 0 bridgehead atoms. The number of hydrogen-bond acceptors (Lipinski definition) is 6. The fourth-order valence-corrected chi connectivity index (χ4v) is 2.34. The zero-order valence-electron chi connectivity index (χ0n) is 13.9. The molecule has 0 spiro atoms. The van der Waals surface area contributed by atoms with E-state index in [4.69, 9.17) is 13.9 Å². The van der Waals surface area contributed by atoms with E-state index < -0.39 is 11.6 Å². The molecule has 0 atom stereocenters. The van der Waals surface area contributed by atoms with Crippen molar-refractivity contribution in [2.24, 2.45) is 0 Å². The molecule has 0 aliphatic rings. The van der Waals surface area contributed by atoms with Crippen LogP contribution in [0.3, 0.4) is 0 Å². The van der Waals surface area contributed by atoms with Crippen molar-refractivity contribution in [2.75, 3.05) is 6.61 Å². The molecule has 0 aliphatic heterocycles. The lowest BCUT2D eigenvalue weighted by Crippen LogP contribution is -2.05. The maximum Gasteiger partial charge on any atom is 0.347 e. The van der Waals surface area contributed by atoms with E-state index in [1.807, 2.05) is 19.1 Å². The quantitative estimate of drug-likeness (QED) is 0.522. The highest BCUT2D eigenvalue weighted by Crippen LogP contribution is 2.24. The molecule has 0 saturated carbocycles. The van der Waals surface area contributed by atoms with Crippen LogP contribution in [0.1, 0.15) is 20.3 Å². The number of nitrogens with zero attached hydrogens (tertiary/aromatic N) is 1. The monoisotopic (exact) mass is 339 g/mol. The number of carbonyl (C=O) groups is 1. The average molecular weight is 339 g/mol. The lowest BCUT2D eigenvalue weighted by Gasteiger charge is -2.07. The third-order valence-corrected chi connectivity index (χ3v) is 3.41. The number of esters is 1. The summed E-state index contributed by atoms with van der Waals surface area (Å²) < 4.78 is 15.9. The van der Waals surface area contributed by atoms with Crippen LogP contribution in [-0.2, 0) is 4.79 Å². The van der Waals surface area contributed by atoms with Gasteiger partial charge in [-0.15, -0.1) is 0 Å². The molecule has 0 unspecified atom stereocenters. The molecule has 1 aromatic heterocycles. The molecule has 3 rings (SSSR count). The molecule has 3 aromatic rings. The number of carbonyl (C=O) groups excluding carboxylic acids is 1. The van der Waals surface area contributed by atoms with Gasteiger partial charge in [0.25, 0.3) is 0 Å². The van der Waals surface area contributed by atoms with Gasteiger partial charge in [-0.05, 0) is 42.8 Å². The second-order valence-electron chi connectivity index (χ2n) is 5.46. The Labute approximate surface area is 144 Å². The summed E-state index contributed by atoms with van der Waals surface area (Å²) in [5, 5.41) is 0.251. The van der Waals surface area contributed by atoms with Crippen LogP contribution in [0.5, 0.6) is 11.5 Å². The van der Waals surface area contributed by atoms with Gasteiger partial charge in [0.05, 0.1) is 17.5 Å². The van der Waals surface area contributed by atoms with Gasteiger partial charge >= 0.3 is 11.6 Å². The maximum absolute atomic E-state index is 12.3. The molecule has 0 amide bonds. The number of ether oxygens (including phenoxy) is 2. The van der Waals surface area contributed by atoms with Crippen molar-refractivity contribution in [3.63, 3.8) is 0 Å². The summed E-state index contributed by atoms with van der Waals surface area (Å²) in [5.74, 6) is 0.711. The number of fused-ring (bicyclic) bond motifs is 1. The number of rotatable bonds is 5. The van der Waals surface area contributed by atoms with Crippen LogP contribution in [0, 0.1) is 0 Å². The minimum atomic E-state index is -0.547. The summed E-state index contributed by atoms with van der Waals surface area (Å²) in [6.07, 6.45) is 0.901. The largest absolute Gasteiger partial charge is 0.494 e. The first-order chi connectivity index (χ1) is 12.1. The summed E-state index contributed by atoms with van der Waals surface area (Å²) in [4.78, 5) is 27.7. The van der Waals surface area contributed by atoms with Gasteiger partial charge in [0.2, 0.25) is 5.89 Å². The van der Waals surface area contributed by atoms with E-state index in [0.717, 1.165) is 6.42 Å². The normalized spacial score (nSPS) is 10.6. The molecular formula is C19H17NO5. The summed E-state index contributed by atoms with van der Waals surface area (Å²) in [5.41, 5.74) is 0.563. The molecule has 0 aliphatic carbocycles. The van der Waals surface area contributed by atoms with Crippen LogP contribution >= 0.6 is 0 Å². The van der Waals surface area contributed by atoms with Crippen LogP contribution in [0.15, 0.2) is 51.7 Å². The lowest BCUT2D eigenvalue weighted by molar-refractivity contribution is -0.131. The van der Waals surface area contributed by atoms with Gasteiger partial charge in [-0.3, -0.25) is 4.79 Å². The van der Waals surface area contributed by atoms with E-state index in [-0.39, 0.29) is 17.0 Å². The smallest absolute Gasteiger partial charge is 0.347 e. The number of aromatic nitrogens is 1. The van der Waals surface area contributed by atoms with Crippen molar-refractivity contribution in [3.8, 4) is 23.0 Å². The van der Waals surface area contributed by atoms with E-state index in [1.54, 1.807) is 24.3 Å². The Hall–Kier alpha value is -3.15. The van der Waals surface area contributed by atoms with Crippen LogP contribution < -0.4 is 15.1 Å². The molecule has 6 nitrogen and oxygen atoms in total. The lowest BCUT2D eigenvalue weighted by atomic mass is 10.2. The predicted molar refractivity (Wildman–Crippen MR) is 92.8 cm³/mol. The third-order valence-electron chi connectivity index (χ3n) is 3.41. The molecule has 0 saturated heterocycles. The molecule has 2 aromatic carbocycles. The van der Waals surface area contributed by atoms with Gasteiger partial charge in [0, 0.05) is 12.5 Å². The standard InChI is InChI=1S/C19H17NO5/c1-3-9-23-14-6-4-5-13(10-14)18-20-17-8-7-15(24-12(2)21)11-16(17)19(22)25-18/h4-8,10-11H,3,9H2,1-2H3. The van der Waals surface area contributed by atoms with Crippen molar-refractivity contribution in [1.82, 2.24) is 4.98 Å². The first-order valence-electron chi connectivity index (χ1n) is 7.93. The number of benzene rings is 2. The SMILES string of the molecule is CCCOc1cccc(-c2nc3ccc(OC(C)=O)cc3c(=O)o2)c1. The van der Waals surface area contributed by atoms with Crippen molar-refractivity contribution in [1.29, 1.82) is 0 Å². The van der Waals surface area contributed by atoms with Crippen LogP contribution in [0.2, 0.25) is 0 Å². The zero-order chi connectivity index (χ0) is 17.8. The number of hydrogen-bond donors (Lipinski definition) is 0. The van der Waals surface area contributed by atoms with E-state index in [0.29, 0.717) is 23.4 Å². The Morgan fingerprint density at radius 3 is 2.76 bits per heavy atom. The highest BCUT2D eigenvalue weighted by Gasteiger charge is 2.11. The van der Waals surface area contributed by atoms with E-state index in [2.05, 4.69) is 4.98 Å². The second kappa shape index (κ2) is 7.17. The third kappa shape index (κ3) is 3.85. The molecule has 0 fully saturated rings. The van der Waals surface area contributed by atoms with Crippen molar-refractivity contribution < 1.29 is 18.7 Å². The summed E-state index contributed by atoms with van der Waals surface area (Å²) >= 11 is 0. The summed E-state index contributed by atoms with van der Waals surface area (Å²) in [6, 6.07) is 11.9. The van der Waals surface area contributed by atoms with Crippen LogP contribution in [-0.4, -0.2) is 17.6 Å². The highest BCUT2D eigenvalue weighted by atomic mass is 16.5. The molecule has 0 radical (unpaired) electrons. The minimum Gasteiger partial charge on any atom is -0.494 e. The summed E-state index contributed by atoms with van der Waals surface area (Å²) in [7, 11) is 0. The first kappa shape index (κ1) is 16.7. The van der Waals surface area contributed by atoms with Gasteiger partial charge < -0.3 is 13.9 Å². The van der Waals surface area contributed by atoms with Gasteiger partial charge in [0.1, 0.15) is 11.5 Å². The Bertz CT molecular complexity index is 977. The summed E-state index contributed by atoms with van der Waals surface area (Å²) in [6.45, 7) is 3.93. The van der Waals surface area contributed by atoms with Crippen molar-refractivity contribution in [2.45, 2.75) is 20.3 Å². The Balaban J connectivity index is 2.01. The van der Waals surface area contributed by atoms with Gasteiger partial charge in [0.15, 0.2) is 0 Å². The Morgan fingerprint density at radius 2 is 2.00 bits per heavy atom. The Kier molecular flexibility index (Phi) is 4.79. The Morgan fingerprint density at radius 1 is 1.16 bits per heavy atom. The second-order valence-corrected chi connectivity index (χ2v) is 5.46.